The smallest absolute Gasteiger partial charge is 0.158 e. The molecule has 0 N–H and O–H groups in total. The standard InChI is InChI=1S/C27H44O5/c1-3-4-5-10-21(31-25-11-6-8-15-29-25)13-14-22-23-17-20(28)18-27(23,2)19-24(22)32-26-12-7-9-16-30-26/h13-14,21-26H,3-12,15-19H2,1-2H3/t21-,22+,23+,24+,25?,26?,27-/m0/s1. The lowest BCUT2D eigenvalue weighted by Gasteiger charge is -2.30. The average molecular weight is 449 g/mol. The van der Waals surface area contributed by atoms with Gasteiger partial charge in [0.05, 0.1) is 12.2 Å². The lowest BCUT2D eigenvalue weighted by Crippen LogP contribution is -2.31. The first-order valence-corrected chi connectivity index (χ1v) is 13.3. The Morgan fingerprint density at radius 2 is 1.84 bits per heavy atom. The Labute approximate surface area is 194 Å². The maximum atomic E-state index is 12.3. The molecule has 2 unspecified atom stereocenters. The van der Waals surface area contributed by atoms with Gasteiger partial charge >= 0.3 is 0 Å². The van der Waals surface area contributed by atoms with Crippen molar-refractivity contribution in [2.75, 3.05) is 13.2 Å². The maximum Gasteiger partial charge on any atom is 0.158 e. The maximum absolute atomic E-state index is 12.3. The monoisotopic (exact) mass is 448 g/mol. The van der Waals surface area contributed by atoms with Gasteiger partial charge in [0.25, 0.3) is 0 Å². The number of unbranched alkanes of at least 4 members (excludes halogenated alkanes) is 2. The summed E-state index contributed by atoms with van der Waals surface area (Å²) in [6, 6.07) is 0. The second kappa shape index (κ2) is 11.6. The molecule has 4 aliphatic rings. The van der Waals surface area contributed by atoms with Crippen LogP contribution < -0.4 is 0 Å². The van der Waals surface area contributed by atoms with Crippen molar-refractivity contribution in [2.45, 2.75) is 122 Å². The van der Waals surface area contributed by atoms with Gasteiger partial charge in [-0.1, -0.05) is 45.3 Å². The van der Waals surface area contributed by atoms with Crippen molar-refractivity contribution in [3.8, 4) is 0 Å². The summed E-state index contributed by atoms with van der Waals surface area (Å²) in [6.07, 6.45) is 18.2. The van der Waals surface area contributed by atoms with E-state index in [1.165, 1.54) is 32.1 Å². The summed E-state index contributed by atoms with van der Waals surface area (Å²) < 4.78 is 24.7. The molecule has 2 heterocycles. The Kier molecular flexibility index (Phi) is 8.83. The van der Waals surface area contributed by atoms with E-state index in [-0.39, 0.29) is 36.1 Å². The molecule has 2 aliphatic carbocycles. The van der Waals surface area contributed by atoms with E-state index in [4.69, 9.17) is 18.9 Å². The van der Waals surface area contributed by atoms with Gasteiger partial charge in [0, 0.05) is 32.0 Å². The first-order chi connectivity index (χ1) is 15.6. The van der Waals surface area contributed by atoms with E-state index in [0.29, 0.717) is 24.5 Å². The van der Waals surface area contributed by atoms with E-state index >= 15 is 0 Å². The van der Waals surface area contributed by atoms with Crippen LogP contribution in [0.5, 0.6) is 0 Å². The topological polar surface area (TPSA) is 54.0 Å². The molecule has 0 spiro atoms. The third kappa shape index (κ3) is 6.22. The van der Waals surface area contributed by atoms with Crippen LogP contribution in [0.25, 0.3) is 0 Å². The zero-order valence-corrected chi connectivity index (χ0v) is 20.3. The quantitative estimate of drug-likeness (QED) is 0.305. The van der Waals surface area contributed by atoms with Crippen LogP contribution in [0.4, 0.5) is 0 Å². The predicted molar refractivity (Wildman–Crippen MR) is 124 cm³/mol. The first kappa shape index (κ1) is 24.4. The molecule has 0 aromatic carbocycles. The minimum Gasteiger partial charge on any atom is -0.353 e. The molecule has 4 rings (SSSR count). The highest BCUT2D eigenvalue weighted by atomic mass is 16.7. The van der Waals surface area contributed by atoms with Crippen molar-refractivity contribution in [2.24, 2.45) is 17.3 Å². The van der Waals surface area contributed by atoms with E-state index in [2.05, 4.69) is 26.0 Å². The van der Waals surface area contributed by atoms with Crippen LogP contribution in [0.3, 0.4) is 0 Å². The fourth-order valence-electron chi connectivity index (χ4n) is 6.31. The van der Waals surface area contributed by atoms with Crippen LogP contribution in [0.1, 0.15) is 97.3 Å². The van der Waals surface area contributed by atoms with Crippen molar-refractivity contribution < 1.29 is 23.7 Å². The second-order valence-electron chi connectivity index (χ2n) is 10.8. The first-order valence-electron chi connectivity index (χ1n) is 13.3. The van der Waals surface area contributed by atoms with Crippen LogP contribution in [0, 0.1) is 17.3 Å². The molecule has 0 bridgehead atoms. The Morgan fingerprint density at radius 1 is 1.09 bits per heavy atom. The zero-order chi connectivity index (χ0) is 22.4. The third-order valence-corrected chi connectivity index (χ3v) is 8.07. The molecule has 182 valence electrons. The van der Waals surface area contributed by atoms with Gasteiger partial charge in [0.2, 0.25) is 0 Å². The van der Waals surface area contributed by atoms with Crippen molar-refractivity contribution in [1.82, 2.24) is 0 Å². The predicted octanol–water partition coefficient (Wildman–Crippen LogP) is 5.95. The summed E-state index contributed by atoms with van der Waals surface area (Å²) in [4.78, 5) is 12.3. The largest absolute Gasteiger partial charge is 0.353 e. The Morgan fingerprint density at radius 3 is 2.53 bits per heavy atom. The van der Waals surface area contributed by atoms with Crippen molar-refractivity contribution in [3.63, 3.8) is 0 Å². The summed E-state index contributed by atoms with van der Waals surface area (Å²) in [5.41, 5.74) is 0.0521. The number of Topliss-reactive ketones (excluding diaryl/α,β-unsaturated/α-hetero) is 1. The van der Waals surface area contributed by atoms with Crippen molar-refractivity contribution >= 4 is 5.78 Å². The summed E-state index contributed by atoms with van der Waals surface area (Å²) in [7, 11) is 0. The number of ketones is 1. The number of ether oxygens (including phenoxy) is 4. The molecule has 0 aromatic heterocycles. The highest BCUT2D eigenvalue weighted by Crippen LogP contribution is 2.57. The summed E-state index contributed by atoms with van der Waals surface area (Å²) in [6.45, 7) is 6.13. The number of carbonyl (C=O) groups is 1. The lowest BCUT2D eigenvalue weighted by atomic mass is 9.80. The van der Waals surface area contributed by atoms with Crippen molar-refractivity contribution in [3.05, 3.63) is 12.2 Å². The lowest BCUT2D eigenvalue weighted by molar-refractivity contribution is -0.193. The van der Waals surface area contributed by atoms with E-state index in [1.807, 2.05) is 0 Å². The minimum atomic E-state index is -0.0879. The van der Waals surface area contributed by atoms with E-state index in [0.717, 1.165) is 51.7 Å². The van der Waals surface area contributed by atoms with Crippen LogP contribution in [0.2, 0.25) is 0 Å². The van der Waals surface area contributed by atoms with Crippen LogP contribution >= 0.6 is 0 Å². The number of carbonyl (C=O) groups excluding carboxylic acids is 1. The molecule has 2 saturated heterocycles. The van der Waals surface area contributed by atoms with Gasteiger partial charge in [0.1, 0.15) is 5.78 Å². The molecule has 2 aliphatic heterocycles. The molecule has 0 amide bonds. The van der Waals surface area contributed by atoms with Gasteiger partial charge < -0.3 is 18.9 Å². The van der Waals surface area contributed by atoms with Crippen molar-refractivity contribution in [1.29, 1.82) is 0 Å². The van der Waals surface area contributed by atoms with Crippen LogP contribution in [-0.4, -0.2) is 43.8 Å². The number of hydrogen-bond donors (Lipinski definition) is 0. The van der Waals surface area contributed by atoms with E-state index in [1.54, 1.807) is 0 Å². The van der Waals surface area contributed by atoms with E-state index < -0.39 is 0 Å². The molecule has 7 atom stereocenters. The SMILES string of the molecule is CCCCC[C@@H](C=C[C@@H]1[C@H]2CC(=O)C[C@@]2(C)C[C@H]1OC1CCCCO1)OC1CCCCO1. The highest BCUT2D eigenvalue weighted by Gasteiger charge is 2.55. The van der Waals surface area contributed by atoms with Gasteiger partial charge in [0.15, 0.2) is 12.6 Å². The van der Waals surface area contributed by atoms with Gasteiger partial charge in [-0.15, -0.1) is 0 Å². The number of fused-ring (bicyclic) bond motifs is 1. The van der Waals surface area contributed by atoms with Crippen LogP contribution in [-0.2, 0) is 23.7 Å². The minimum absolute atomic E-state index is 0.0521. The Hall–Kier alpha value is -0.750. The van der Waals surface area contributed by atoms with Gasteiger partial charge in [-0.05, 0) is 62.7 Å². The fraction of sp³-hybridized carbons (Fsp3) is 0.889. The molecule has 32 heavy (non-hydrogen) atoms. The van der Waals surface area contributed by atoms with Gasteiger partial charge in [-0.25, -0.2) is 0 Å². The summed E-state index contributed by atoms with van der Waals surface area (Å²) in [5, 5.41) is 0. The van der Waals surface area contributed by atoms with Gasteiger partial charge in [-0.2, -0.15) is 0 Å². The Bertz CT molecular complexity index is 622. The summed E-state index contributed by atoms with van der Waals surface area (Å²) in [5.74, 6) is 1.03. The molecular weight excluding hydrogens is 404 g/mol. The fourth-order valence-corrected chi connectivity index (χ4v) is 6.31. The third-order valence-electron chi connectivity index (χ3n) is 8.07. The summed E-state index contributed by atoms with van der Waals surface area (Å²) >= 11 is 0. The molecule has 4 fully saturated rings. The van der Waals surface area contributed by atoms with Gasteiger partial charge in [-0.3, -0.25) is 4.79 Å². The van der Waals surface area contributed by atoms with Crippen LogP contribution in [0.15, 0.2) is 12.2 Å². The number of hydrogen-bond acceptors (Lipinski definition) is 5. The Balaban J connectivity index is 1.45. The highest BCUT2D eigenvalue weighted by molar-refractivity contribution is 5.82. The average Bonchev–Trinajstić information content (AvgIpc) is 3.21. The molecule has 5 heteroatoms. The molecule has 0 aromatic rings. The molecular formula is C27H44O5. The molecule has 2 saturated carbocycles. The second-order valence-corrected chi connectivity index (χ2v) is 10.8. The normalized spacial score (nSPS) is 38.9. The number of rotatable bonds is 10. The molecule has 0 radical (unpaired) electrons. The molecule has 5 nitrogen and oxygen atoms in total. The zero-order valence-electron chi connectivity index (χ0n) is 20.3. The van der Waals surface area contributed by atoms with E-state index in [9.17, 15) is 4.79 Å².